The second kappa shape index (κ2) is 5.16. The second-order valence-electron chi connectivity index (χ2n) is 3.58. The Morgan fingerprint density at radius 3 is 2.69 bits per heavy atom. The third-order valence-electron chi connectivity index (χ3n) is 2.32. The predicted octanol–water partition coefficient (Wildman–Crippen LogP) is 2.38. The molecule has 1 aromatic heterocycles. The molecule has 16 heavy (non-hydrogen) atoms. The Morgan fingerprint density at radius 2 is 2.00 bits per heavy atom. The van der Waals surface area contributed by atoms with Gasteiger partial charge in [0.1, 0.15) is 5.75 Å². The van der Waals surface area contributed by atoms with E-state index in [4.69, 9.17) is 5.11 Å². The predicted molar refractivity (Wildman–Crippen MR) is 65.1 cm³/mol. The minimum atomic E-state index is 0.304. The first-order valence-corrected chi connectivity index (χ1v) is 5.26. The number of hydrogen-bond donors (Lipinski definition) is 2. The van der Waals surface area contributed by atoms with E-state index < -0.39 is 0 Å². The zero-order valence-corrected chi connectivity index (χ0v) is 8.93. The van der Waals surface area contributed by atoms with Crippen molar-refractivity contribution in [1.29, 1.82) is 0 Å². The SMILES string of the molecule is Oc1ccc(CC/N=C/c2ccc[nH]2)cc1. The van der Waals surface area contributed by atoms with E-state index in [9.17, 15) is 0 Å². The van der Waals surface area contributed by atoms with E-state index in [-0.39, 0.29) is 0 Å². The van der Waals surface area contributed by atoms with Crippen molar-refractivity contribution in [3.63, 3.8) is 0 Å². The van der Waals surface area contributed by atoms with Crippen LogP contribution in [0, 0.1) is 0 Å². The van der Waals surface area contributed by atoms with E-state index in [1.54, 1.807) is 12.1 Å². The number of hydrogen-bond acceptors (Lipinski definition) is 2. The Hall–Kier alpha value is -2.03. The molecule has 3 heteroatoms. The van der Waals surface area contributed by atoms with Gasteiger partial charge in [0.05, 0.1) is 5.69 Å². The molecule has 0 saturated heterocycles. The third kappa shape index (κ3) is 2.98. The summed E-state index contributed by atoms with van der Waals surface area (Å²) in [4.78, 5) is 7.37. The van der Waals surface area contributed by atoms with Gasteiger partial charge in [-0.2, -0.15) is 0 Å². The fourth-order valence-corrected chi connectivity index (χ4v) is 1.44. The molecule has 0 aliphatic carbocycles. The van der Waals surface area contributed by atoms with E-state index >= 15 is 0 Å². The van der Waals surface area contributed by atoms with Crippen molar-refractivity contribution in [3.8, 4) is 5.75 Å². The maximum Gasteiger partial charge on any atom is 0.115 e. The lowest BCUT2D eigenvalue weighted by Crippen LogP contribution is -1.90. The van der Waals surface area contributed by atoms with Gasteiger partial charge in [-0.3, -0.25) is 4.99 Å². The smallest absolute Gasteiger partial charge is 0.115 e. The molecule has 0 bridgehead atoms. The van der Waals surface area contributed by atoms with E-state index in [0.29, 0.717) is 5.75 Å². The summed E-state index contributed by atoms with van der Waals surface area (Å²) in [7, 11) is 0. The number of nitrogens with one attached hydrogen (secondary N) is 1. The van der Waals surface area contributed by atoms with Crippen LogP contribution < -0.4 is 0 Å². The maximum absolute atomic E-state index is 9.12. The molecule has 0 radical (unpaired) electrons. The molecule has 0 unspecified atom stereocenters. The summed E-state index contributed by atoms with van der Waals surface area (Å²) in [5, 5.41) is 9.12. The molecule has 2 aromatic rings. The number of nitrogens with zero attached hydrogens (tertiary/aromatic N) is 1. The van der Waals surface area contributed by atoms with Gasteiger partial charge in [0.15, 0.2) is 0 Å². The van der Waals surface area contributed by atoms with Crippen LogP contribution >= 0.6 is 0 Å². The van der Waals surface area contributed by atoms with Crippen molar-refractivity contribution in [2.45, 2.75) is 6.42 Å². The number of aromatic hydroxyl groups is 1. The van der Waals surface area contributed by atoms with Crippen LogP contribution in [-0.4, -0.2) is 22.8 Å². The minimum Gasteiger partial charge on any atom is -0.508 e. The first-order chi connectivity index (χ1) is 7.84. The standard InChI is InChI=1S/C13H14N2O/c16-13-5-3-11(4-6-13)7-9-14-10-12-2-1-8-15-12/h1-6,8,10,15-16H,7,9H2/b14-10+. The van der Waals surface area contributed by atoms with Crippen LogP contribution in [0.3, 0.4) is 0 Å². The molecule has 0 aliphatic rings. The van der Waals surface area contributed by atoms with Crippen molar-refractivity contribution in [3.05, 3.63) is 53.9 Å². The topological polar surface area (TPSA) is 48.4 Å². The quantitative estimate of drug-likeness (QED) is 0.754. The fraction of sp³-hybridized carbons (Fsp3) is 0.154. The molecule has 0 aliphatic heterocycles. The van der Waals surface area contributed by atoms with Crippen LogP contribution in [0.5, 0.6) is 5.75 Å². The molecule has 0 fully saturated rings. The van der Waals surface area contributed by atoms with Crippen LogP contribution in [0.25, 0.3) is 0 Å². The first-order valence-electron chi connectivity index (χ1n) is 5.26. The largest absolute Gasteiger partial charge is 0.508 e. The highest BCUT2D eigenvalue weighted by molar-refractivity contribution is 5.76. The molecule has 0 amide bonds. The molecule has 0 spiro atoms. The number of aromatic amines is 1. The summed E-state index contributed by atoms with van der Waals surface area (Å²) in [6, 6.07) is 11.2. The van der Waals surface area contributed by atoms with Crippen molar-refractivity contribution in [2.24, 2.45) is 4.99 Å². The minimum absolute atomic E-state index is 0.304. The van der Waals surface area contributed by atoms with E-state index in [1.165, 1.54) is 5.56 Å². The van der Waals surface area contributed by atoms with Crippen LogP contribution in [-0.2, 0) is 6.42 Å². The summed E-state index contributed by atoms with van der Waals surface area (Å²) in [6.45, 7) is 0.754. The fourth-order valence-electron chi connectivity index (χ4n) is 1.44. The van der Waals surface area contributed by atoms with Gasteiger partial charge >= 0.3 is 0 Å². The number of aromatic nitrogens is 1. The summed E-state index contributed by atoms with van der Waals surface area (Å²) < 4.78 is 0. The van der Waals surface area contributed by atoms with Crippen molar-refractivity contribution in [2.75, 3.05) is 6.54 Å². The lowest BCUT2D eigenvalue weighted by Gasteiger charge is -1.97. The van der Waals surface area contributed by atoms with Crippen LogP contribution in [0.2, 0.25) is 0 Å². The normalized spacial score (nSPS) is 11.0. The summed E-state index contributed by atoms with van der Waals surface area (Å²) in [5.41, 5.74) is 2.20. The average molecular weight is 214 g/mol. The van der Waals surface area contributed by atoms with Crippen molar-refractivity contribution < 1.29 is 5.11 Å². The van der Waals surface area contributed by atoms with Gasteiger partial charge in [-0.15, -0.1) is 0 Å². The average Bonchev–Trinajstić information content (AvgIpc) is 2.80. The van der Waals surface area contributed by atoms with Crippen LogP contribution in [0.15, 0.2) is 47.6 Å². The van der Waals surface area contributed by atoms with Crippen molar-refractivity contribution >= 4 is 6.21 Å². The van der Waals surface area contributed by atoms with Gasteiger partial charge in [0.25, 0.3) is 0 Å². The number of phenols is 1. The van der Waals surface area contributed by atoms with E-state index in [2.05, 4.69) is 9.98 Å². The summed E-state index contributed by atoms with van der Waals surface area (Å²) >= 11 is 0. The van der Waals surface area contributed by atoms with Gasteiger partial charge in [-0.25, -0.2) is 0 Å². The molecule has 0 atom stereocenters. The highest BCUT2D eigenvalue weighted by atomic mass is 16.3. The Labute approximate surface area is 94.5 Å². The zero-order valence-electron chi connectivity index (χ0n) is 8.93. The van der Waals surface area contributed by atoms with Crippen LogP contribution in [0.1, 0.15) is 11.3 Å². The van der Waals surface area contributed by atoms with E-state index in [0.717, 1.165) is 18.7 Å². The van der Waals surface area contributed by atoms with Gasteiger partial charge in [-0.05, 0) is 36.2 Å². The number of benzene rings is 1. The Bertz CT molecular complexity index is 443. The lowest BCUT2D eigenvalue weighted by molar-refractivity contribution is 0.475. The molecule has 3 nitrogen and oxygen atoms in total. The molecule has 2 rings (SSSR count). The summed E-state index contributed by atoms with van der Waals surface area (Å²) in [5.74, 6) is 0.304. The molecular formula is C13H14N2O. The number of H-pyrrole nitrogens is 1. The molecule has 82 valence electrons. The van der Waals surface area contributed by atoms with Crippen molar-refractivity contribution in [1.82, 2.24) is 4.98 Å². The Balaban J connectivity index is 1.82. The van der Waals surface area contributed by atoms with Gasteiger partial charge in [0, 0.05) is 19.0 Å². The Kier molecular flexibility index (Phi) is 3.38. The molecule has 0 saturated carbocycles. The molecule has 1 heterocycles. The molecule has 1 aromatic carbocycles. The maximum atomic E-state index is 9.12. The molecule has 2 N–H and O–H groups in total. The van der Waals surface area contributed by atoms with Crippen LogP contribution in [0.4, 0.5) is 0 Å². The van der Waals surface area contributed by atoms with Gasteiger partial charge < -0.3 is 10.1 Å². The third-order valence-corrected chi connectivity index (χ3v) is 2.32. The van der Waals surface area contributed by atoms with Gasteiger partial charge in [-0.1, -0.05) is 12.1 Å². The number of phenolic OH excluding ortho intramolecular Hbond substituents is 1. The number of aliphatic imine (C=N–C) groups is 1. The monoisotopic (exact) mass is 214 g/mol. The second-order valence-corrected chi connectivity index (χ2v) is 3.58. The summed E-state index contributed by atoms with van der Waals surface area (Å²) in [6.07, 6.45) is 4.60. The number of rotatable bonds is 4. The van der Waals surface area contributed by atoms with Gasteiger partial charge in [0.2, 0.25) is 0 Å². The molecular weight excluding hydrogens is 200 g/mol. The van der Waals surface area contributed by atoms with E-state index in [1.807, 2.05) is 36.7 Å². The zero-order chi connectivity index (χ0) is 11.2. The lowest BCUT2D eigenvalue weighted by atomic mass is 10.1. The Morgan fingerprint density at radius 1 is 1.19 bits per heavy atom. The first kappa shape index (κ1) is 10.5. The highest BCUT2D eigenvalue weighted by Gasteiger charge is 1.92. The highest BCUT2D eigenvalue weighted by Crippen LogP contribution is 2.09.